The van der Waals surface area contributed by atoms with E-state index in [0.717, 1.165) is 15.2 Å². The molecule has 6 nitrogen and oxygen atoms in total. The number of aromatic nitrogens is 1. The molecule has 142 valence electrons. The maximum atomic E-state index is 12.3. The van der Waals surface area contributed by atoms with Gasteiger partial charge in [0.1, 0.15) is 5.01 Å². The minimum Gasteiger partial charge on any atom is -0.346 e. The number of nitrogens with zero attached hydrogens (tertiary/aromatic N) is 1. The monoisotopic (exact) mass is 403 g/mol. The second-order valence-corrected chi connectivity index (χ2v) is 9.04. The second kappa shape index (κ2) is 8.16. The maximum Gasteiger partial charge on any atom is 0.251 e. The summed E-state index contributed by atoms with van der Waals surface area (Å²) in [6, 6.07) is 13.6. The van der Waals surface area contributed by atoms with Crippen LogP contribution in [-0.2, 0) is 16.6 Å². The van der Waals surface area contributed by atoms with Crippen LogP contribution < -0.4 is 10.0 Å². The third kappa shape index (κ3) is 4.71. The van der Waals surface area contributed by atoms with Crippen molar-refractivity contribution in [3.63, 3.8) is 0 Å². The Labute approximate surface area is 162 Å². The summed E-state index contributed by atoms with van der Waals surface area (Å²) < 4.78 is 28.2. The van der Waals surface area contributed by atoms with Gasteiger partial charge in [-0.25, -0.2) is 18.1 Å². The van der Waals surface area contributed by atoms with Gasteiger partial charge in [0.25, 0.3) is 5.91 Å². The standard InChI is InChI=1S/C19H21N3O3S2/c1-3-13(2)22-27(24,25)15-10-8-14(9-11-15)19(23)20-12-18-21-16-6-4-5-7-17(16)26-18/h4-11,13,22H,3,12H2,1-2H3,(H,20,23). The van der Waals surface area contributed by atoms with E-state index in [4.69, 9.17) is 0 Å². The van der Waals surface area contributed by atoms with Crippen molar-refractivity contribution in [3.05, 3.63) is 59.1 Å². The molecular formula is C19H21N3O3S2. The fourth-order valence-electron chi connectivity index (χ4n) is 2.46. The predicted molar refractivity (Wildman–Crippen MR) is 107 cm³/mol. The van der Waals surface area contributed by atoms with Crippen molar-refractivity contribution in [1.82, 2.24) is 15.0 Å². The van der Waals surface area contributed by atoms with Gasteiger partial charge in [-0.2, -0.15) is 0 Å². The van der Waals surface area contributed by atoms with Gasteiger partial charge in [-0.1, -0.05) is 19.1 Å². The summed E-state index contributed by atoms with van der Waals surface area (Å²) >= 11 is 1.53. The first-order valence-corrected chi connectivity index (χ1v) is 10.9. The summed E-state index contributed by atoms with van der Waals surface area (Å²) in [5.74, 6) is -0.270. The molecular weight excluding hydrogens is 382 g/mol. The molecule has 1 atom stereocenters. The number of thiazole rings is 1. The van der Waals surface area contributed by atoms with Crippen LogP contribution in [0.3, 0.4) is 0 Å². The number of benzene rings is 2. The molecule has 1 unspecified atom stereocenters. The molecule has 1 amide bonds. The van der Waals surface area contributed by atoms with Crippen LogP contribution >= 0.6 is 11.3 Å². The predicted octanol–water partition coefficient (Wildman–Crippen LogP) is 3.30. The number of hydrogen-bond acceptors (Lipinski definition) is 5. The number of amides is 1. The van der Waals surface area contributed by atoms with Crippen LogP contribution in [0.1, 0.15) is 35.6 Å². The van der Waals surface area contributed by atoms with Crippen LogP contribution in [0.4, 0.5) is 0 Å². The Kier molecular flexibility index (Phi) is 5.88. The smallest absolute Gasteiger partial charge is 0.251 e. The van der Waals surface area contributed by atoms with Crippen molar-refractivity contribution in [2.24, 2.45) is 0 Å². The lowest BCUT2D eigenvalue weighted by Crippen LogP contribution is -2.32. The molecule has 8 heteroatoms. The normalized spacial score (nSPS) is 12.8. The Bertz CT molecular complexity index is 1010. The van der Waals surface area contributed by atoms with E-state index in [1.807, 2.05) is 31.2 Å². The van der Waals surface area contributed by atoms with Crippen molar-refractivity contribution >= 4 is 37.5 Å². The maximum absolute atomic E-state index is 12.3. The largest absolute Gasteiger partial charge is 0.346 e. The molecule has 0 spiro atoms. The molecule has 0 fully saturated rings. The summed E-state index contributed by atoms with van der Waals surface area (Å²) in [5.41, 5.74) is 1.31. The average Bonchev–Trinajstić information content (AvgIpc) is 3.08. The Morgan fingerprint density at radius 1 is 1.15 bits per heavy atom. The van der Waals surface area contributed by atoms with Crippen LogP contribution in [0.2, 0.25) is 0 Å². The molecule has 0 aliphatic rings. The van der Waals surface area contributed by atoms with Crippen molar-refractivity contribution in [2.75, 3.05) is 0 Å². The van der Waals surface area contributed by atoms with E-state index in [0.29, 0.717) is 18.5 Å². The molecule has 0 aliphatic heterocycles. The summed E-state index contributed by atoms with van der Waals surface area (Å²) in [4.78, 5) is 16.9. The van der Waals surface area contributed by atoms with E-state index in [-0.39, 0.29) is 16.8 Å². The summed E-state index contributed by atoms with van der Waals surface area (Å²) in [7, 11) is -3.57. The van der Waals surface area contributed by atoms with Crippen LogP contribution in [0, 0.1) is 0 Å². The zero-order valence-electron chi connectivity index (χ0n) is 15.1. The summed E-state index contributed by atoms with van der Waals surface area (Å²) in [6.45, 7) is 4.04. The highest BCUT2D eigenvalue weighted by Crippen LogP contribution is 2.21. The number of nitrogens with one attached hydrogen (secondary N) is 2. The Balaban J connectivity index is 1.65. The highest BCUT2D eigenvalue weighted by molar-refractivity contribution is 7.89. The van der Waals surface area contributed by atoms with Gasteiger partial charge in [0, 0.05) is 11.6 Å². The van der Waals surface area contributed by atoms with Gasteiger partial charge in [0.05, 0.1) is 21.7 Å². The number of fused-ring (bicyclic) bond motifs is 1. The number of para-hydroxylation sites is 1. The molecule has 0 aliphatic carbocycles. The highest BCUT2D eigenvalue weighted by atomic mass is 32.2. The van der Waals surface area contributed by atoms with Gasteiger partial charge in [-0.3, -0.25) is 4.79 Å². The molecule has 0 saturated carbocycles. The zero-order chi connectivity index (χ0) is 19.4. The summed E-state index contributed by atoms with van der Waals surface area (Å²) in [5, 5.41) is 3.64. The van der Waals surface area contributed by atoms with E-state index >= 15 is 0 Å². The second-order valence-electron chi connectivity index (χ2n) is 6.21. The van der Waals surface area contributed by atoms with Gasteiger partial charge in [-0.05, 0) is 49.7 Å². The quantitative estimate of drug-likeness (QED) is 0.633. The van der Waals surface area contributed by atoms with E-state index in [1.165, 1.54) is 35.6 Å². The molecule has 0 bridgehead atoms. The highest BCUT2D eigenvalue weighted by Gasteiger charge is 2.17. The first-order chi connectivity index (χ1) is 12.9. The Hall–Kier alpha value is -2.29. The van der Waals surface area contributed by atoms with E-state index in [1.54, 1.807) is 6.92 Å². The van der Waals surface area contributed by atoms with Crippen molar-refractivity contribution in [2.45, 2.75) is 37.8 Å². The number of carbonyl (C=O) groups is 1. The lowest BCUT2D eigenvalue weighted by molar-refractivity contribution is 0.0951. The molecule has 2 aromatic carbocycles. The van der Waals surface area contributed by atoms with E-state index in [9.17, 15) is 13.2 Å². The van der Waals surface area contributed by atoms with Crippen molar-refractivity contribution in [1.29, 1.82) is 0 Å². The van der Waals surface area contributed by atoms with Crippen molar-refractivity contribution < 1.29 is 13.2 Å². The molecule has 3 aromatic rings. The number of hydrogen-bond donors (Lipinski definition) is 2. The fraction of sp³-hybridized carbons (Fsp3) is 0.263. The van der Waals surface area contributed by atoms with E-state index < -0.39 is 10.0 Å². The molecule has 1 heterocycles. The average molecular weight is 404 g/mol. The Morgan fingerprint density at radius 3 is 2.52 bits per heavy atom. The topological polar surface area (TPSA) is 88.2 Å². The minimum atomic E-state index is -3.57. The molecule has 1 aromatic heterocycles. The number of rotatable bonds is 7. The van der Waals surface area contributed by atoms with Gasteiger partial charge < -0.3 is 5.32 Å². The minimum absolute atomic E-state index is 0.144. The Morgan fingerprint density at radius 2 is 1.85 bits per heavy atom. The van der Waals surface area contributed by atoms with Gasteiger partial charge >= 0.3 is 0 Å². The van der Waals surface area contributed by atoms with Crippen LogP contribution in [0.5, 0.6) is 0 Å². The first-order valence-electron chi connectivity index (χ1n) is 8.64. The van der Waals surface area contributed by atoms with Gasteiger partial charge in [0.15, 0.2) is 0 Å². The molecule has 0 radical (unpaired) electrons. The molecule has 3 rings (SSSR count). The lowest BCUT2D eigenvalue weighted by atomic mass is 10.2. The lowest BCUT2D eigenvalue weighted by Gasteiger charge is -2.12. The van der Waals surface area contributed by atoms with Crippen molar-refractivity contribution in [3.8, 4) is 0 Å². The third-order valence-corrected chi connectivity index (χ3v) is 6.78. The third-order valence-electron chi connectivity index (χ3n) is 4.13. The van der Waals surface area contributed by atoms with Gasteiger partial charge in [0.2, 0.25) is 10.0 Å². The molecule has 0 saturated heterocycles. The van der Waals surface area contributed by atoms with Crippen LogP contribution in [0.25, 0.3) is 10.2 Å². The van der Waals surface area contributed by atoms with Gasteiger partial charge in [-0.15, -0.1) is 11.3 Å². The molecule has 2 N–H and O–H groups in total. The summed E-state index contributed by atoms with van der Waals surface area (Å²) in [6.07, 6.45) is 0.700. The first kappa shape index (κ1) is 19.5. The molecule has 27 heavy (non-hydrogen) atoms. The zero-order valence-corrected chi connectivity index (χ0v) is 16.7. The van der Waals surface area contributed by atoms with Crippen LogP contribution in [-0.4, -0.2) is 25.4 Å². The van der Waals surface area contributed by atoms with Crippen LogP contribution in [0.15, 0.2) is 53.4 Å². The van der Waals surface area contributed by atoms with E-state index in [2.05, 4.69) is 15.0 Å². The number of carbonyl (C=O) groups excluding carboxylic acids is 1. The number of sulfonamides is 1. The fourth-order valence-corrected chi connectivity index (χ4v) is 4.69. The SMILES string of the molecule is CCC(C)NS(=O)(=O)c1ccc(C(=O)NCc2nc3ccccc3s2)cc1.